The molecule has 0 aromatic heterocycles. The molecule has 0 fully saturated rings. The van der Waals surface area contributed by atoms with Crippen molar-refractivity contribution in [2.24, 2.45) is 0 Å². The number of fused-ring (bicyclic) bond motifs is 1. The van der Waals surface area contributed by atoms with E-state index >= 15 is 0 Å². The van der Waals surface area contributed by atoms with E-state index in [1.165, 1.54) is 4.90 Å². The summed E-state index contributed by atoms with van der Waals surface area (Å²) in [6.07, 6.45) is 0.769. The van der Waals surface area contributed by atoms with Gasteiger partial charge in [-0.1, -0.05) is 23.8 Å². The lowest BCUT2D eigenvalue weighted by Gasteiger charge is -2.13. The maximum atomic E-state index is 12.5. The molecule has 2 aromatic rings. The second kappa shape index (κ2) is 9.01. The van der Waals surface area contributed by atoms with Gasteiger partial charge in [0.15, 0.2) is 0 Å². The lowest BCUT2D eigenvalue weighted by molar-refractivity contribution is -0.116. The fourth-order valence-electron chi connectivity index (χ4n) is 3.23. The van der Waals surface area contributed by atoms with Gasteiger partial charge in [-0.15, -0.1) is 0 Å². The molecule has 1 aliphatic rings. The number of nitrogens with one attached hydrogen (secondary N) is 1. The van der Waals surface area contributed by atoms with Crippen LogP contribution in [0.15, 0.2) is 42.5 Å². The summed E-state index contributed by atoms with van der Waals surface area (Å²) in [5.74, 6) is -0.727. The average Bonchev–Trinajstić information content (AvgIpc) is 2.91. The third-order valence-electron chi connectivity index (χ3n) is 4.71. The molecule has 1 heterocycles. The van der Waals surface area contributed by atoms with E-state index in [9.17, 15) is 14.4 Å². The number of nitrogens with zero attached hydrogens (tertiary/aromatic N) is 1. The number of aryl methyl sites for hydroxylation is 1. The Hall–Kier alpha value is -2.99. The van der Waals surface area contributed by atoms with Crippen molar-refractivity contribution in [3.05, 3.63) is 64.7 Å². The Balaban J connectivity index is 1.50. The smallest absolute Gasteiger partial charge is 0.261 e. The Kier molecular flexibility index (Phi) is 6.44. The van der Waals surface area contributed by atoms with Crippen molar-refractivity contribution < 1.29 is 19.1 Å². The van der Waals surface area contributed by atoms with Crippen LogP contribution < -0.4 is 5.32 Å². The van der Waals surface area contributed by atoms with Gasteiger partial charge in [-0.05, 0) is 57.0 Å². The molecule has 2 aromatic carbocycles. The number of anilines is 1. The van der Waals surface area contributed by atoms with E-state index in [-0.39, 0.29) is 36.8 Å². The van der Waals surface area contributed by atoms with Gasteiger partial charge in [0.2, 0.25) is 5.91 Å². The first-order chi connectivity index (χ1) is 13.8. The molecule has 0 unspecified atom stereocenters. The van der Waals surface area contributed by atoms with E-state index in [0.29, 0.717) is 29.8 Å². The summed E-state index contributed by atoms with van der Waals surface area (Å²) in [6.45, 7) is 6.54. The van der Waals surface area contributed by atoms with Gasteiger partial charge in [-0.3, -0.25) is 19.3 Å². The zero-order valence-corrected chi connectivity index (χ0v) is 17.0. The molecule has 0 saturated heterocycles. The molecule has 1 aliphatic heterocycles. The predicted octanol–water partition coefficient (Wildman–Crippen LogP) is 3.93. The molecule has 0 aliphatic carbocycles. The first-order valence-electron chi connectivity index (χ1n) is 9.82. The third-order valence-corrected chi connectivity index (χ3v) is 4.71. The molecule has 6 nitrogen and oxygen atoms in total. The van der Waals surface area contributed by atoms with Gasteiger partial charge < -0.3 is 10.1 Å². The normalized spacial score (nSPS) is 13.2. The number of carbonyl (C=O) groups is 3. The SMILES string of the molecule is Cc1ccc2c(c1)C(=O)N(CCCC(=O)Nc1cccc(COC(C)C)c1)C2=O. The Morgan fingerprint density at radius 2 is 1.83 bits per heavy atom. The highest BCUT2D eigenvalue weighted by Gasteiger charge is 2.34. The molecule has 3 rings (SSSR count). The molecule has 152 valence electrons. The van der Waals surface area contributed by atoms with E-state index in [4.69, 9.17) is 4.74 Å². The van der Waals surface area contributed by atoms with E-state index < -0.39 is 0 Å². The van der Waals surface area contributed by atoms with Crippen LogP contribution in [-0.4, -0.2) is 35.3 Å². The maximum absolute atomic E-state index is 12.5. The van der Waals surface area contributed by atoms with E-state index in [1.807, 2.05) is 51.1 Å². The summed E-state index contributed by atoms with van der Waals surface area (Å²) in [4.78, 5) is 38.4. The van der Waals surface area contributed by atoms with Crippen LogP contribution in [0.3, 0.4) is 0 Å². The van der Waals surface area contributed by atoms with Crippen LogP contribution in [-0.2, 0) is 16.1 Å². The highest BCUT2D eigenvalue weighted by molar-refractivity contribution is 6.21. The van der Waals surface area contributed by atoms with Gasteiger partial charge >= 0.3 is 0 Å². The largest absolute Gasteiger partial charge is 0.374 e. The van der Waals surface area contributed by atoms with Crippen molar-refractivity contribution in [3.8, 4) is 0 Å². The molecule has 0 saturated carbocycles. The summed E-state index contributed by atoms with van der Waals surface area (Å²) in [5.41, 5.74) is 3.51. The minimum atomic E-state index is -0.289. The zero-order chi connectivity index (χ0) is 21.0. The molecule has 0 spiro atoms. The average molecular weight is 394 g/mol. The monoisotopic (exact) mass is 394 g/mol. The van der Waals surface area contributed by atoms with Crippen LogP contribution in [0.4, 0.5) is 5.69 Å². The van der Waals surface area contributed by atoms with Crippen LogP contribution in [0.2, 0.25) is 0 Å². The number of rotatable bonds is 8. The van der Waals surface area contributed by atoms with Crippen LogP contribution in [0.5, 0.6) is 0 Å². The zero-order valence-electron chi connectivity index (χ0n) is 17.0. The van der Waals surface area contributed by atoms with Gasteiger partial charge in [0.05, 0.1) is 23.8 Å². The Bertz CT molecular complexity index is 936. The van der Waals surface area contributed by atoms with Crippen LogP contribution >= 0.6 is 0 Å². The van der Waals surface area contributed by atoms with Crippen molar-refractivity contribution in [1.82, 2.24) is 4.90 Å². The molecule has 0 atom stereocenters. The third kappa shape index (κ3) is 5.09. The van der Waals surface area contributed by atoms with E-state index in [1.54, 1.807) is 12.1 Å². The van der Waals surface area contributed by atoms with Crippen LogP contribution in [0.1, 0.15) is 58.5 Å². The molecular formula is C23H26N2O4. The fourth-order valence-corrected chi connectivity index (χ4v) is 3.23. The van der Waals surface area contributed by atoms with Crippen molar-refractivity contribution in [1.29, 1.82) is 0 Å². The van der Waals surface area contributed by atoms with Crippen LogP contribution in [0, 0.1) is 6.92 Å². The van der Waals surface area contributed by atoms with Gasteiger partial charge in [0, 0.05) is 18.7 Å². The molecule has 0 radical (unpaired) electrons. The molecule has 6 heteroatoms. The summed E-state index contributed by atoms with van der Waals surface area (Å²) in [7, 11) is 0. The number of imide groups is 1. The summed E-state index contributed by atoms with van der Waals surface area (Å²) in [5, 5.41) is 2.86. The first-order valence-corrected chi connectivity index (χ1v) is 9.82. The number of carbonyl (C=O) groups excluding carboxylic acids is 3. The van der Waals surface area contributed by atoms with Crippen molar-refractivity contribution in [2.75, 3.05) is 11.9 Å². The van der Waals surface area contributed by atoms with E-state index in [0.717, 1.165) is 11.1 Å². The second-order valence-electron chi connectivity index (χ2n) is 7.52. The summed E-state index contributed by atoms with van der Waals surface area (Å²) in [6, 6.07) is 12.8. The molecular weight excluding hydrogens is 368 g/mol. The Labute approximate surface area is 170 Å². The quantitative estimate of drug-likeness (QED) is 0.688. The second-order valence-corrected chi connectivity index (χ2v) is 7.52. The first kappa shape index (κ1) is 20.7. The molecule has 29 heavy (non-hydrogen) atoms. The Morgan fingerprint density at radius 1 is 1.07 bits per heavy atom. The Morgan fingerprint density at radius 3 is 2.59 bits per heavy atom. The highest BCUT2D eigenvalue weighted by Crippen LogP contribution is 2.24. The van der Waals surface area contributed by atoms with Gasteiger partial charge in [-0.25, -0.2) is 0 Å². The minimum absolute atomic E-state index is 0.138. The van der Waals surface area contributed by atoms with Gasteiger partial charge in [0.25, 0.3) is 11.8 Å². The molecule has 1 N–H and O–H groups in total. The standard InChI is InChI=1S/C23H26N2O4/c1-15(2)29-14-17-6-4-7-18(13-17)24-21(26)8-5-11-25-22(27)19-10-9-16(3)12-20(19)23(25)28/h4,6-7,9-10,12-13,15H,5,8,11,14H2,1-3H3,(H,24,26). The highest BCUT2D eigenvalue weighted by atomic mass is 16.5. The summed E-state index contributed by atoms with van der Waals surface area (Å²) < 4.78 is 5.58. The van der Waals surface area contributed by atoms with E-state index in [2.05, 4.69) is 5.32 Å². The van der Waals surface area contributed by atoms with Crippen molar-refractivity contribution in [3.63, 3.8) is 0 Å². The number of ether oxygens (including phenoxy) is 1. The minimum Gasteiger partial charge on any atom is -0.374 e. The van der Waals surface area contributed by atoms with Gasteiger partial charge in [-0.2, -0.15) is 0 Å². The molecule has 3 amide bonds. The number of hydrogen-bond donors (Lipinski definition) is 1. The predicted molar refractivity (Wildman–Crippen MR) is 111 cm³/mol. The lowest BCUT2D eigenvalue weighted by atomic mass is 10.1. The number of hydrogen-bond acceptors (Lipinski definition) is 4. The summed E-state index contributed by atoms with van der Waals surface area (Å²) >= 11 is 0. The lowest BCUT2D eigenvalue weighted by Crippen LogP contribution is -2.31. The fraction of sp³-hybridized carbons (Fsp3) is 0.348. The van der Waals surface area contributed by atoms with Crippen molar-refractivity contribution >= 4 is 23.4 Å². The number of amides is 3. The molecule has 0 bridgehead atoms. The van der Waals surface area contributed by atoms with Crippen LogP contribution in [0.25, 0.3) is 0 Å². The maximum Gasteiger partial charge on any atom is 0.261 e. The van der Waals surface area contributed by atoms with Crippen molar-refractivity contribution in [2.45, 2.75) is 46.3 Å². The number of benzene rings is 2. The van der Waals surface area contributed by atoms with Gasteiger partial charge in [0.1, 0.15) is 0 Å². The topological polar surface area (TPSA) is 75.7 Å².